The Morgan fingerprint density at radius 2 is 1.95 bits per heavy atom. The van der Waals surface area contributed by atoms with Crippen LogP contribution in [0.25, 0.3) is 0 Å². The molecule has 0 saturated carbocycles. The molecule has 0 aliphatic heterocycles. The molecule has 1 aromatic carbocycles. The van der Waals surface area contributed by atoms with Crippen LogP contribution in [-0.4, -0.2) is 23.6 Å². The second-order valence-electron chi connectivity index (χ2n) is 4.59. The van der Waals surface area contributed by atoms with Gasteiger partial charge in [0.15, 0.2) is 0 Å². The molecule has 0 radical (unpaired) electrons. The van der Waals surface area contributed by atoms with Crippen LogP contribution in [0, 0.1) is 6.92 Å². The number of anilines is 3. The highest BCUT2D eigenvalue weighted by atomic mass is 35.5. The summed E-state index contributed by atoms with van der Waals surface area (Å²) in [6.45, 7) is 4.85. The molecule has 0 aliphatic rings. The largest absolute Gasteiger partial charge is 0.495 e. The van der Waals surface area contributed by atoms with E-state index in [1.54, 1.807) is 13.2 Å². The zero-order chi connectivity index (χ0) is 15.2. The van der Waals surface area contributed by atoms with Crippen molar-refractivity contribution < 1.29 is 4.74 Å². The van der Waals surface area contributed by atoms with Gasteiger partial charge in [-0.1, -0.05) is 18.5 Å². The van der Waals surface area contributed by atoms with E-state index in [1.165, 1.54) is 0 Å². The third-order valence-electron chi connectivity index (χ3n) is 2.82. The topological polar surface area (TPSA) is 59.1 Å². The van der Waals surface area contributed by atoms with Gasteiger partial charge in [0, 0.05) is 18.3 Å². The second kappa shape index (κ2) is 7.13. The predicted molar refractivity (Wildman–Crippen MR) is 86.8 cm³/mol. The fourth-order valence-corrected chi connectivity index (χ4v) is 2.13. The summed E-state index contributed by atoms with van der Waals surface area (Å²) in [6, 6.07) is 7.38. The molecule has 5 nitrogen and oxygen atoms in total. The summed E-state index contributed by atoms with van der Waals surface area (Å²) in [6.07, 6.45) is 1.04. The molecule has 0 saturated heterocycles. The number of methoxy groups -OCH3 is 1. The molecule has 1 aromatic heterocycles. The standard InChI is InChI=1S/C15H19ClN4O/c1-4-7-17-14-9-15(19-10(2)18-14)20-11-5-6-13(21-3)12(16)8-11/h5-6,8-9H,4,7H2,1-3H3,(H2,17,18,19,20). The number of aryl methyl sites for hydroxylation is 1. The first-order valence-electron chi connectivity index (χ1n) is 6.82. The summed E-state index contributed by atoms with van der Waals surface area (Å²) in [5.74, 6) is 2.89. The van der Waals surface area contributed by atoms with E-state index in [-0.39, 0.29) is 0 Å². The molecule has 0 atom stereocenters. The maximum absolute atomic E-state index is 6.12. The summed E-state index contributed by atoms with van der Waals surface area (Å²) < 4.78 is 5.14. The highest BCUT2D eigenvalue weighted by Gasteiger charge is 2.05. The first kappa shape index (κ1) is 15.4. The zero-order valence-corrected chi connectivity index (χ0v) is 13.2. The van der Waals surface area contributed by atoms with Gasteiger partial charge in [-0.15, -0.1) is 0 Å². The van der Waals surface area contributed by atoms with Crippen LogP contribution in [0.15, 0.2) is 24.3 Å². The quantitative estimate of drug-likeness (QED) is 0.844. The summed E-state index contributed by atoms with van der Waals surface area (Å²) in [5, 5.41) is 7.03. The van der Waals surface area contributed by atoms with Crippen molar-refractivity contribution in [3.8, 4) is 5.75 Å². The zero-order valence-electron chi connectivity index (χ0n) is 12.4. The summed E-state index contributed by atoms with van der Waals surface area (Å²) in [7, 11) is 1.59. The maximum Gasteiger partial charge on any atom is 0.137 e. The van der Waals surface area contributed by atoms with Gasteiger partial charge in [-0.3, -0.25) is 0 Å². The van der Waals surface area contributed by atoms with Crippen LogP contribution < -0.4 is 15.4 Å². The van der Waals surface area contributed by atoms with Gasteiger partial charge in [0.25, 0.3) is 0 Å². The van der Waals surface area contributed by atoms with Gasteiger partial charge in [0.1, 0.15) is 23.2 Å². The Morgan fingerprint density at radius 3 is 2.62 bits per heavy atom. The van der Waals surface area contributed by atoms with E-state index >= 15 is 0 Å². The summed E-state index contributed by atoms with van der Waals surface area (Å²) >= 11 is 6.12. The number of hydrogen-bond donors (Lipinski definition) is 2. The van der Waals surface area contributed by atoms with Gasteiger partial charge in [-0.05, 0) is 31.5 Å². The van der Waals surface area contributed by atoms with Gasteiger partial charge in [-0.2, -0.15) is 0 Å². The lowest BCUT2D eigenvalue weighted by atomic mass is 10.3. The monoisotopic (exact) mass is 306 g/mol. The van der Waals surface area contributed by atoms with E-state index in [1.807, 2.05) is 25.1 Å². The van der Waals surface area contributed by atoms with E-state index in [0.717, 1.165) is 30.3 Å². The van der Waals surface area contributed by atoms with Gasteiger partial charge < -0.3 is 15.4 Å². The van der Waals surface area contributed by atoms with Crippen molar-refractivity contribution >= 4 is 28.9 Å². The first-order valence-corrected chi connectivity index (χ1v) is 7.20. The van der Waals surface area contributed by atoms with E-state index < -0.39 is 0 Å². The minimum absolute atomic E-state index is 0.553. The molecule has 2 N–H and O–H groups in total. The van der Waals surface area contributed by atoms with Crippen molar-refractivity contribution in [2.24, 2.45) is 0 Å². The van der Waals surface area contributed by atoms with E-state index in [9.17, 15) is 0 Å². The number of benzene rings is 1. The van der Waals surface area contributed by atoms with Gasteiger partial charge in [0.2, 0.25) is 0 Å². The van der Waals surface area contributed by atoms with Crippen molar-refractivity contribution in [1.29, 1.82) is 0 Å². The highest BCUT2D eigenvalue weighted by Crippen LogP contribution is 2.28. The van der Waals surface area contributed by atoms with Crippen LogP contribution in [0.5, 0.6) is 5.75 Å². The van der Waals surface area contributed by atoms with Crippen LogP contribution in [0.3, 0.4) is 0 Å². The predicted octanol–water partition coefficient (Wildman–Crippen LogP) is 4.01. The van der Waals surface area contributed by atoms with Crippen LogP contribution in [0.2, 0.25) is 5.02 Å². The minimum Gasteiger partial charge on any atom is -0.495 e. The maximum atomic E-state index is 6.12. The number of hydrogen-bond acceptors (Lipinski definition) is 5. The average molecular weight is 307 g/mol. The van der Waals surface area contributed by atoms with Crippen LogP contribution in [0.4, 0.5) is 17.3 Å². The van der Waals surface area contributed by atoms with Crippen molar-refractivity contribution in [3.05, 3.63) is 35.1 Å². The Balaban J connectivity index is 2.18. The Morgan fingerprint density at radius 1 is 1.19 bits per heavy atom. The van der Waals surface area contributed by atoms with Crippen molar-refractivity contribution in [1.82, 2.24) is 9.97 Å². The molecule has 0 aliphatic carbocycles. The van der Waals surface area contributed by atoms with Gasteiger partial charge >= 0.3 is 0 Å². The number of aromatic nitrogens is 2. The molecular formula is C15H19ClN4O. The van der Waals surface area contributed by atoms with E-state index in [2.05, 4.69) is 27.5 Å². The van der Waals surface area contributed by atoms with Crippen LogP contribution >= 0.6 is 11.6 Å². The molecule has 112 valence electrons. The summed E-state index contributed by atoms with van der Waals surface area (Å²) in [5.41, 5.74) is 0.848. The SMILES string of the molecule is CCCNc1cc(Nc2ccc(OC)c(Cl)c2)nc(C)n1. The van der Waals surface area contributed by atoms with Crippen LogP contribution in [0.1, 0.15) is 19.2 Å². The van der Waals surface area contributed by atoms with E-state index in [4.69, 9.17) is 16.3 Å². The Kier molecular flexibility index (Phi) is 5.22. The average Bonchev–Trinajstić information content (AvgIpc) is 2.45. The molecule has 6 heteroatoms. The molecule has 1 heterocycles. The van der Waals surface area contributed by atoms with E-state index in [0.29, 0.717) is 16.6 Å². The summed E-state index contributed by atoms with van der Waals surface area (Å²) in [4.78, 5) is 8.72. The third-order valence-corrected chi connectivity index (χ3v) is 3.11. The minimum atomic E-state index is 0.553. The van der Waals surface area contributed by atoms with Gasteiger partial charge in [0.05, 0.1) is 12.1 Å². The number of ether oxygens (including phenoxy) is 1. The molecule has 2 rings (SSSR count). The second-order valence-corrected chi connectivity index (χ2v) is 4.99. The Labute approximate surface area is 129 Å². The molecule has 0 amide bonds. The van der Waals surface area contributed by atoms with Crippen molar-refractivity contribution in [3.63, 3.8) is 0 Å². The highest BCUT2D eigenvalue weighted by molar-refractivity contribution is 6.32. The molecule has 0 bridgehead atoms. The van der Waals surface area contributed by atoms with Crippen molar-refractivity contribution in [2.45, 2.75) is 20.3 Å². The van der Waals surface area contributed by atoms with Gasteiger partial charge in [-0.25, -0.2) is 9.97 Å². The lowest BCUT2D eigenvalue weighted by Crippen LogP contribution is -2.05. The lowest BCUT2D eigenvalue weighted by molar-refractivity contribution is 0.415. The fraction of sp³-hybridized carbons (Fsp3) is 0.333. The number of nitrogens with one attached hydrogen (secondary N) is 2. The number of halogens is 1. The molecule has 0 unspecified atom stereocenters. The Bertz CT molecular complexity index is 619. The number of rotatable bonds is 6. The molecule has 0 spiro atoms. The molecule has 0 fully saturated rings. The van der Waals surface area contributed by atoms with Crippen LogP contribution in [-0.2, 0) is 0 Å². The molecule has 2 aromatic rings. The third kappa shape index (κ3) is 4.23. The fourth-order valence-electron chi connectivity index (χ4n) is 1.87. The molecular weight excluding hydrogens is 288 g/mol. The lowest BCUT2D eigenvalue weighted by Gasteiger charge is -2.11. The Hall–Kier alpha value is -2.01. The molecule has 21 heavy (non-hydrogen) atoms. The normalized spacial score (nSPS) is 10.3. The van der Waals surface area contributed by atoms with Crippen molar-refractivity contribution in [2.75, 3.05) is 24.3 Å². The number of nitrogens with zero attached hydrogens (tertiary/aromatic N) is 2. The smallest absolute Gasteiger partial charge is 0.137 e. The first-order chi connectivity index (χ1) is 10.1.